The number of aromatic nitrogens is 1. The maximum atomic E-state index is 12.6. The first-order valence-corrected chi connectivity index (χ1v) is 8.12. The summed E-state index contributed by atoms with van der Waals surface area (Å²) in [5, 5.41) is 9.27. The number of hydrogen-bond donors (Lipinski definition) is 1. The lowest BCUT2D eigenvalue weighted by Gasteiger charge is -2.27. The van der Waals surface area contributed by atoms with Crippen LogP contribution in [-0.4, -0.2) is 42.0 Å². The summed E-state index contributed by atoms with van der Waals surface area (Å²) in [7, 11) is -3.62. The Morgan fingerprint density at radius 1 is 1.42 bits per heavy atom. The van der Waals surface area contributed by atoms with Gasteiger partial charge in [0.05, 0.1) is 11.5 Å². The Hall–Kier alpha value is -0.690. The largest absolute Gasteiger partial charge is 0.395 e. The number of sulfonamides is 1. The van der Waals surface area contributed by atoms with Gasteiger partial charge in [-0.1, -0.05) is 24.4 Å². The number of aliphatic hydroxyl groups is 1. The highest BCUT2D eigenvalue weighted by Crippen LogP contribution is 2.28. The van der Waals surface area contributed by atoms with E-state index in [1.54, 1.807) is 0 Å². The van der Waals surface area contributed by atoms with Crippen molar-refractivity contribution in [2.75, 3.05) is 13.2 Å². The second-order valence-electron chi connectivity index (χ2n) is 4.59. The number of halogens is 1. The van der Waals surface area contributed by atoms with E-state index in [-0.39, 0.29) is 29.2 Å². The second kappa shape index (κ2) is 6.17. The van der Waals surface area contributed by atoms with Crippen LogP contribution in [0.2, 0.25) is 5.15 Å². The molecular weight excluding hydrogens is 288 g/mol. The monoisotopic (exact) mass is 304 g/mol. The van der Waals surface area contributed by atoms with E-state index in [1.165, 1.54) is 22.6 Å². The average Bonchev–Trinajstić information content (AvgIpc) is 2.89. The molecule has 2 rings (SSSR count). The highest BCUT2D eigenvalue weighted by atomic mass is 35.5. The predicted octanol–water partition coefficient (Wildman–Crippen LogP) is 1.66. The molecule has 1 fully saturated rings. The molecule has 106 valence electrons. The first-order valence-electron chi connectivity index (χ1n) is 6.30. The molecule has 0 atom stereocenters. The fourth-order valence-electron chi connectivity index (χ4n) is 2.47. The summed E-state index contributed by atoms with van der Waals surface area (Å²) in [6.45, 7) is -0.0680. The first kappa shape index (κ1) is 14.7. The highest BCUT2D eigenvalue weighted by molar-refractivity contribution is 7.89. The van der Waals surface area contributed by atoms with Crippen molar-refractivity contribution in [1.82, 2.24) is 9.29 Å². The second-order valence-corrected chi connectivity index (χ2v) is 6.87. The SMILES string of the molecule is O=S(=O)(c1ccnc(Cl)c1)N(CCO)C1CCCC1. The topological polar surface area (TPSA) is 70.5 Å². The van der Waals surface area contributed by atoms with Gasteiger partial charge in [0, 0.05) is 18.8 Å². The number of nitrogens with zero attached hydrogens (tertiary/aromatic N) is 2. The zero-order valence-electron chi connectivity index (χ0n) is 10.5. The molecule has 0 unspecified atom stereocenters. The van der Waals surface area contributed by atoms with Gasteiger partial charge in [0.15, 0.2) is 0 Å². The van der Waals surface area contributed by atoms with Gasteiger partial charge in [0.1, 0.15) is 5.15 Å². The third-order valence-corrected chi connectivity index (χ3v) is 5.51. The molecule has 1 saturated carbocycles. The molecule has 1 aromatic rings. The van der Waals surface area contributed by atoms with Crippen molar-refractivity contribution in [3.63, 3.8) is 0 Å². The summed E-state index contributed by atoms with van der Waals surface area (Å²) in [6.07, 6.45) is 5.12. The van der Waals surface area contributed by atoms with Gasteiger partial charge in [-0.05, 0) is 25.0 Å². The minimum absolute atomic E-state index is 0.0240. The van der Waals surface area contributed by atoms with E-state index in [9.17, 15) is 8.42 Å². The summed E-state index contributed by atoms with van der Waals surface area (Å²) in [5.74, 6) is 0. The van der Waals surface area contributed by atoms with Crippen LogP contribution < -0.4 is 0 Å². The molecule has 1 aliphatic rings. The molecule has 1 heterocycles. The van der Waals surface area contributed by atoms with Crippen molar-refractivity contribution in [1.29, 1.82) is 0 Å². The van der Waals surface area contributed by atoms with Gasteiger partial charge in [-0.3, -0.25) is 0 Å². The van der Waals surface area contributed by atoms with E-state index >= 15 is 0 Å². The number of rotatable bonds is 5. The van der Waals surface area contributed by atoms with E-state index in [1.807, 2.05) is 0 Å². The van der Waals surface area contributed by atoms with Crippen molar-refractivity contribution < 1.29 is 13.5 Å². The molecule has 5 nitrogen and oxygen atoms in total. The molecule has 1 aliphatic carbocycles. The lowest BCUT2D eigenvalue weighted by molar-refractivity contribution is 0.226. The van der Waals surface area contributed by atoms with E-state index in [0.717, 1.165) is 25.7 Å². The van der Waals surface area contributed by atoms with Crippen LogP contribution >= 0.6 is 11.6 Å². The first-order chi connectivity index (χ1) is 9.05. The Morgan fingerprint density at radius 3 is 2.68 bits per heavy atom. The lowest BCUT2D eigenvalue weighted by Crippen LogP contribution is -2.40. The Bertz CT molecular complexity index is 530. The van der Waals surface area contributed by atoms with E-state index in [4.69, 9.17) is 16.7 Å². The van der Waals surface area contributed by atoms with E-state index in [2.05, 4.69) is 4.98 Å². The third kappa shape index (κ3) is 3.25. The molecule has 0 aliphatic heterocycles. The molecule has 1 N–H and O–H groups in total. The molecule has 0 bridgehead atoms. The average molecular weight is 305 g/mol. The summed E-state index contributed by atoms with van der Waals surface area (Å²) in [6, 6.07) is 2.75. The van der Waals surface area contributed by atoms with Gasteiger partial charge in [-0.25, -0.2) is 13.4 Å². The molecule has 0 spiro atoms. The summed E-state index contributed by atoms with van der Waals surface area (Å²) in [4.78, 5) is 3.92. The zero-order valence-corrected chi connectivity index (χ0v) is 12.1. The van der Waals surface area contributed by atoms with Crippen LogP contribution in [0.3, 0.4) is 0 Å². The third-order valence-electron chi connectivity index (χ3n) is 3.36. The van der Waals surface area contributed by atoms with Gasteiger partial charge < -0.3 is 5.11 Å². The van der Waals surface area contributed by atoms with Crippen LogP contribution in [0.25, 0.3) is 0 Å². The molecule has 0 aromatic carbocycles. The van der Waals surface area contributed by atoms with Crippen molar-refractivity contribution >= 4 is 21.6 Å². The number of hydrogen-bond acceptors (Lipinski definition) is 4. The van der Waals surface area contributed by atoms with Crippen molar-refractivity contribution in [2.24, 2.45) is 0 Å². The zero-order chi connectivity index (χ0) is 13.9. The Balaban J connectivity index is 2.33. The minimum atomic E-state index is -3.62. The summed E-state index contributed by atoms with van der Waals surface area (Å²) in [5.41, 5.74) is 0. The standard InChI is InChI=1S/C12H17ClN2O3S/c13-12-9-11(5-6-14-12)19(17,18)15(7-8-16)10-3-1-2-4-10/h5-6,9-10,16H,1-4,7-8H2. The van der Waals surface area contributed by atoms with Gasteiger partial charge >= 0.3 is 0 Å². The summed E-state index contributed by atoms with van der Waals surface area (Å²) >= 11 is 5.75. The molecule has 0 saturated heterocycles. The quantitative estimate of drug-likeness (QED) is 0.840. The van der Waals surface area contributed by atoms with Crippen LogP contribution in [0.5, 0.6) is 0 Å². The van der Waals surface area contributed by atoms with Crippen molar-refractivity contribution in [3.05, 3.63) is 23.5 Å². The Labute approximate surface area is 118 Å². The van der Waals surface area contributed by atoms with Gasteiger partial charge in [-0.15, -0.1) is 0 Å². The van der Waals surface area contributed by atoms with Gasteiger partial charge in [-0.2, -0.15) is 4.31 Å². The maximum absolute atomic E-state index is 12.6. The highest BCUT2D eigenvalue weighted by Gasteiger charge is 2.32. The number of pyridine rings is 1. The number of aliphatic hydroxyl groups excluding tert-OH is 1. The smallest absolute Gasteiger partial charge is 0.243 e. The van der Waals surface area contributed by atoms with Gasteiger partial charge in [0.25, 0.3) is 0 Å². The molecular formula is C12H17ClN2O3S. The molecule has 0 radical (unpaired) electrons. The molecule has 1 aromatic heterocycles. The van der Waals surface area contributed by atoms with E-state index in [0.29, 0.717) is 0 Å². The fraction of sp³-hybridized carbons (Fsp3) is 0.583. The molecule has 7 heteroatoms. The molecule has 0 amide bonds. The fourth-order valence-corrected chi connectivity index (χ4v) is 4.40. The van der Waals surface area contributed by atoms with Crippen LogP contribution in [0.4, 0.5) is 0 Å². The van der Waals surface area contributed by atoms with Crippen molar-refractivity contribution in [3.8, 4) is 0 Å². The maximum Gasteiger partial charge on any atom is 0.243 e. The van der Waals surface area contributed by atoms with Crippen molar-refractivity contribution in [2.45, 2.75) is 36.6 Å². The Kier molecular flexibility index (Phi) is 4.78. The van der Waals surface area contributed by atoms with E-state index < -0.39 is 10.0 Å². The van der Waals surface area contributed by atoms with Crippen LogP contribution in [0.15, 0.2) is 23.2 Å². The summed E-state index contributed by atoms with van der Waals surface area (Å²) < 4.78 is 26.6. The van der Waals surface area contributed by atoms with Gasteiger partial charge in [0.2, 0.25) is 10.0 Å². The lowest BCUT2D eigenvalue weighted by atomic mass is 10.2. The van der Waals surface area contributed by atoms with Crippen LogP contribution in [0.1, 0.15) is 25.7 Å². The normalized spacial score (nSPS) is 17.2. The predicted molar refractivity (Wildman–Crippen MR) is 72.5 cm³/mol. The minimum Gasteiger partial charge on any atom is -0.395 e. The van der Waals surface area contributed by atoms with Crippen LogP contribution in [0, 0.1) is 0 Å². The Morgan fingerprint density at radius 2 is 2.11 bits per heavy atom. The molecule has 19 heavy (non-hydrogen) atoms. The van der Waals surface area contributed by atoms with Crippen LogP contribution in [-0.2, 0) is 10.0 Å².